The van der Waals surface area contributed by atoms with E-state index in [-0.39, 0.29) is 35.8 Å². The third kappa shape index (κ3) is 5.03. The van der Waals surface area contributed by atoms with E-state index < -0.39 is 24.5 Å². The van der Waals surface area contributed by atoms with Crippen LogP contribution in [0.3, 0.4) is 0 Å². The van der Waals surface area contributed by atoms with Gasteiger partial charge in [0.2, 0.25) is 11.8 Å². The summed E-state index contributed by atoms with van der Waals surface area (Å²) >= 11 is 0. The predicted molar refractivity (Wildman–Crippen MR) is 137 cm³/mol. The van der Waals surface area contributed by atoms with Crippen LogP contribution in [0.5, 0.6) is 0 Å². The monoisotopic (exact) mass is 536 g/mol. The van der Waals surface area contributed by atoms with E-state index in [1.54, 1.807) is 0 Å². The van der Waals surface area contributed by atoms with Gasteiger partial charge in [0, 0.05) is 18.7 Å². The van der Waals surface area contributed by atoms with Gasteiger partial charge < -0.3 is 15.3 Å². The number of aliphatic hydroxyl groups is 1. The normalized spacial score (nSPS) is 40.9. The summed E-state index contributed by atoms with van der Waals surface area (Å²) in [4.78, 5) is 30.0. The van der Waals surface area contributed by atoms with Crippen LogP contribution in [0.2, 0.25) is 0 Å². The van der Waals surface area contributed by atoms with Crippen molar-refractivity contribution in [2.24, 2.45) is 40.9 Å². The Balaban J connectivity index is 1.36. The largest absolute Gasteiger partial charge is 0.405 e. The van der Waals surface area contributed by atoms with E-state index in [1.807, 2.05) is 4.90 Å². The highest BCUT2D eigenvalue weighted by Crippen LogP contribution is 2.61. The maximum absolute atomic E-state index is 14.3. The van der Waals surface area contributed by atoms with E-state index in [9.17, 15) is 27.9 Å². The van der Waals surface area contributed by atoms with Crippen molar-refractivity contribution in [3.63, 3.8) is 0 Å². The Morgan fingerprint density at radius 2 is 1.58 bits per heavy atom. The topological polar surface area (TPSA) is 69.6 Å². The van der Waals surface area contributed by atoms with E-state index in [1.165, 1.54) is 19.3 Å². The summed E-state index contributed by atoms with van der Waals surface area (Å²) in [6, 6.07) is -0.389. The summed E-state index contributed by atoms with van der Waals surface area (Å²) in [5, 5.41) is 12.0. The third-order valence-electron chi connectivity index (χ3n) is 11.2. The van der Waals surface area contributed by atoms with Gasteiger partial charge >= 0.3 is 6.18 Å². The van der Waals surface area contributed by atoms with Gasteiger partial charge in [-0.25, -0.2) is 0 Å². The number of halogens is 3. The molecule has 7 rings (SSSR count). The fraction of sp³-hybridized carbons (Fsp3) is 0.867. The second-order valence-corrected chi connectivity index (χ2v) is 13.8. The maximum atomic E-state index is 14.3. The molecule has 7 aliphatic rings. The van der Waals surface area contributed by atoms with Crippen LogP contribution >= 0.6 is 0 Å². The molecule has 0 aromatic heterocycles. The average molecular weight is 537 g/mol. The van der Waals surface area contributed by atoms with Crippen LogP contribution in [0.15, 0.2) is 11.1 Å². The van der Waals surface area contributed by atoms with Gasteiger partial charge in [0.05, 0.1) is 12.0 Å². The summed E-state index contributed by atoms with van der Waals surface area (Å²) < 4.78 is 39.5. The number of alkyl halides is 3. The summed E-state index contributed by atoms with van der Waals surface area (Å²) in [5.74, 6) is 1.28. The molecule has 5 nitrogen and oxygen atoms in total. The van der Waals surface area contributed by atoms with Crippen molar-refractivity contribution in [1.29, 1.82) is 0 Å². The molecule has 0 saturated heterocycles. The molecule has 5 fully saturated rings. The number of hydrogen-bond acceptors (Lipinski definition) is 3. The molecular weight excluding hydrogens is 493 g/mol. The molecule has 212 valence electrons. The van der Waals surface area contributed by atoms with Crippen molar-refractivity contribution in [2.45, 2.75) is 102 Å². The van der Waals surface area contributed by atoms with Gasteiger partial charge in [0.25, 0.3) is 0 Å². The molecule has 2 amide bonds. The molecule has 6 aliphatic carbocycles. The van der Waals surface area contributed by atoms with Crippen molar-refractivity contribution in [2.75, 3.05) is 19.7 Å². The lowest BCUT2D eigenvalue weighted by molar-refractivity contribution is -0.150. The lowest BCUT2D eigenvalue weighted by Crippen LogP contribution is -2.62. The summed E-state index contributed by atoms with van der Waals surface area (Å²) in [6.07, 6.45) is 9.13. The molecule has 0 spiro atoms. The Labute approximate surface area is 224 Å². The van der Waals surface area contributed by atoms with Crippen LogP contribution in [0.25, 0.3) is 0 Å². The van der Waals surface area contributed by atoms with Crippen molar-refractivity contribution in [1.82, 2.24) is 10.2 Å². The maximum Gasteiger partial charge on any atom is 0.405 e. The first-order valence-electron chi connectivity index (χ1n) is 15.1. The minimum absolute atomic E-state index is 0.0598. The molecule has 1 aliphatic heterocycles. The van der Waals surface area contributed by atoms with Gasteiger partial charge in [-0.15, -0.1) is 0 Å². The Bertz CT molecular complexity index is 933. The number of carbonyl (C=O) groups excluding carboxylic acids is 2. The summed E-state index contributed by atoms with van der Waals surface area (Å²) in [5.41, 5.74) is 1.62. The highest BCUT2D eigenvalue weighted by molar-refractivity contribution is 5.99. The van der Waals surface area contributed by atoms with Gasteiger partial charge in [0.15, 0.2) is 0 Å². The minimum Gasteiger partial charge on any atom is -0.396 e. The van der Waals surface area contributed by atoms with Crippen molar-refractivity contribution >= 4 is 11.8 Å². The zero-order chi connectivity index (χ0) is 26.7. The lowest BCUT2D eigenvalue weighted by atomic mass is 9.49. The van der Waals surface area contributed by atoms with E-state index in [0.717, 1.165) is 81.1 Å². The number of nitrogens with one attached hydrogen (secondary N) is 1. The summed E-state index contributed by atoms with van der Waals surface area (Å²) in [7, 11) is 0. The second kappa shape index (κ2) is 10.1. The zero-order valence-corrected chi connectivity index (χ0v) is 22.4. The first-order chi connectivity index (χ1) is 18.1. The van der Waals surface area contributed by atoms with Gasteiger partial charge in [-0.05, 0) is 130 Å². The molecular formula is C30H43F3N2O3. The number of amides is 2. The van der Waals surface area contributed by atoms with Crippen LogP contribution in [0.1, 0.15) is 89.9 Å². The van der Waals surface area contributed by atoms with E-state index in [2.05, 4.69) is 5.32 Å². The second-order valence-electron chi connectivity index (χ2n) is 13.8. The van der Waals surface area contributed by atoms with Crippen LogP contribution in [0, 0.1) is 40.9 Å². The fourth-order valence-corrected chi connectivity index (χ4v) is 10.1. The molecule has 4 bridgehead atoms. The highest BCUT2D eigenvalue weighted by atomic mass is 19.4. The summed E-state index contributed by atoms with van der Waals surface area (Å²) in [6.45, 7) is -0.546. The quantitative estimate of drug-likeness (QED) is 0.479. The first-order valence-corrected chi connectivity index (χ1v) is 15.1. The number of hydrogen-bond donors (Lipinski definition) is 2. The first kappa shape index (κ1) is 26.6. The molecule has 0 radical (unpaired) electrons. The minimum atomic E-state index is -4.47. The molecule has 2 atom stereocenters. The Kier molecular flexibility index (Phi) is 7.09. The van der Waals surface area contributed by atoms with Crippen LogP contribution in [-0.4, -0.2) is 53.7 Å². The SMILES string of the molecule is O=C(NCC(F)(F)F)[C@@H]1C2=C(CCCC2)C(=O)N(CC23CC4CC(CC(C4)C2)C3)[C@H]1C1CCC(CO)CC1. The number of nitrogens with zero attached hydrogens (tertiary/aromatic N) is 1. The van der Waals surface area contributed by atoms with Gasteiger partial charge in [0.1, 0.15) is 6.54 Å². The van der Waals surface area contributed by atoms with Gasteiger partial charge in [-0.1, -0.05) is 0 Å². The number of carbonyl (C=O) groups is 2. The lowest BCUT2D eigenvalue weighted by Gasteiger charge is -2.59. The Morgan fingerprint density at radius 3 is 2.16 bits per heavy atom. The van der Waals surface area contributed by atoms with E-state index in [4.69, 9.17) is 0 Å². The van der Waals surface area contributed by atoms with Gasteiger partial charge in [-0.3, -0.25) is 9.59 Å². The molecule has 38 heavy (non-hydrogen) atoms. The average Bonchev–Trinajstić information content (AvgIpc) is 2.87. The molecule has 2 N–H and O–H groups in total. The number of aliphatic hydroxyl groups excluding tert-OH is 1. The molecule has 1 heterocycles. The van der Waals surface area contributed by atoms with E-state index in [0.29, 0.717) is 25.0 Å². The van der Waals surface area contributed by atoms with E-state index >= 15 is 0 Å². The fourth-order valence-electron chi connectivity index (χ4n) is 10.1. The smallest absolute Gasteiger partial charge is 0.396 e. The Hall–Kier alpha value is -1.57. The van der Waals surface area contributed by atoms with Gasteiger partial charge in [-0.2, -0.15) is 13.2 Å². The van der Waals surface area contributed by atoms with Crippen LogP contribution < -0.4 is 5.32 Å². The number of rotatable bonds is 6. The predicted octanol–water partition coefficient (Wildman–Crippen LogP) is 5.38. The van der Waals surface area contributed by atoms with Crippen LogP contribution in [-0.2, 0) is 9.59 Å². The van der Waals surface area contributed by atoms with Crippen LogP contribution in [0.4, 0.5) is 13.2 Å². The standard InChI is InChI=1S/C30H43F3N2O3/c31-30(32,33)16-34-27(37)25-23-3-1-2-4-24(23)28(38)35(26(25)22-7-5-18(15-36)6-8-22)17-29-12-19-9-20(13-29)11-21(10-19)14-29/h18-22,25-26,36H,1-17H2,(H,34,37)/t18?,19?,20?,21?,22?,25-,26+,29?/m1/s1. The molecule has 8 heteroatoms. The zero-order valence-electron chi connectivity index (χ0n) is 22.4. The third-order valence-corrected chi connectivity index (χ3v) is 11.2. The Morgan fingerprint density at radius 1 is 0.974 bits per heavy atom. The van der Waals surface area contributed by atoms with Crippen molar-refractivity contribution in [3.05, 3.63) is 11.1 Å². The highest BCUT2D eigenvalue weighted by Gasteiger charge is 2.55. The molecule has 0 aromatic rings. The van der Waals surface area contributed by atoms with Crippen molar-refractivity contribution < 1.29 is 27.9 Å². The van der Waals surface area contributed by atoms with Crippen molar-refractivity contribution in [3.8, 4) is 0 Å². The molecule has 5 saturated carbocycles. The molecule has 0 aromatic carbocycles. The molecule has 0 unspecified atom stereocenters.